The molecule has 2 aromatic carbocycles. The monoisotopic (exact) mass is 366 g/mol. The van der Waals surface area contributed by atoms with Crippen molar-refractivity contribution in [2.75, 3.05) is 11.4 Å². The molecule has 0 spiro atoms. The minimum atomic E-state index is -0.0507. The van der Waals surface area contributed by atoms with E-state index in [-0.39, 0.29) is 17.9 Å². The van der Waals surface area contributed by atoms with E-state index in [2.05, 4.69) is 0 Å². The van der Waals surface area contributed by atoms with Crippen LogP contribution in [-0.4, -0.2) is 29.3 Å². The second-order valence-electron chi connectivity index (χ2n) is 7.29. The molecule has 2 aromatic rings. The first-order valence-electron chi connectivity index (χ1n) is 9.48. The highest BCUT2D eigenvalue weighted by atomic mass is 16.2. The van der Waals surface area contributed by atoms with E-state index in [4.69, 9.17) is 0 Å². The van der Waals surface area contributed by atoms with E-state index >= 15 is 0 Å². The first-order chi connectivity index (χ1) is 12.8. The molecule has 4 heteroatoms. The largest absolute Gasteiger partial charge is 0.336 e. The molecule has 0 saturated carbocycles. The van der Waals surface area contributed by atoms with E-state index in [9.17, 15) is 9.59 Å². The minimum absolute atomic E-state index is 0.0507. The van der Waals surface area contributed by atoms with Crippen molar-refractivity contribution in [3.8, 4) is 0 Å². The Kier molecular flexibility index (Phi) is 7.17. The van der Waals surface area contributed by atoms with Crippen molar-refractivity contribution in [3.05, 3.63) is 65.2 Å². The molecule has 0 saturated heterocycles. The average molecular weight is 367 g/mol. The van der Waals surface area contributed by atoms with Gasteiger partial charge < -0.3 is 9.80 Å². The molecule has 0 aliphatic heterocycles. The number of nitrogens with zero attached hydrogens (tertiary/aromatic N) is 2. The molecule has 0 atom stereocenters. The Hall–Kier alpha value is -2.62. The summed E-state index contributed by atoms with van der Waals surface area (Å²) >= 11 is 0. The Balaban J connectivity index is 2.09. The molecule has 0 radical (unpaired) electrons. The van der Waals surface area contributed by atoms with E-state index in [1.807, 2.05) is 81.1 Å². The highest BCUT2D eigenvalue weighted by Crippen LogP contribution is 2.20. The van der Waals surface area contributed by atoms with Gasteiger partial charge in [0.1, 0.15) is 0 Å². The Bertz CT molecular complexity index is 784. The fourth-order valence-electron chi connectivity index (χ4n) is 3.05. The van der Waals surface area contributed by atoms with Gasteiger partial charge in [-0.25, -0.2) is 0 Å². The topological polar surface area (TPSA) is 40.6 Å². The van der Waals surface area contributed by atoms with Gasteiger partial charge in [0.15, 0.2) is 0 Å². The van der Waals surface area contributed by atoms with E-state index < -0.39 is 0 Å². The number of carbonyl (C=O) groups is 2. The van der Waals surface area contributed by atoms with E-state index in [1.165, 1.54) is 5.56 Å². The Morgan fingerprint density at radius 1 is 0.963 bits per heavy atom. The van der Waals surface area contributed by atoms with Gasteiger partial charge in [0.2, 0.25) is 11.8 Å². The van der Waals surface area contributed by atoms with Crippen molar-refractivity contribution >= 4 is 17.5 Å². The summed E-state index contributed by atoms with van der Waals surface area (Å²) in [7, 11) is 0. The number of hydrogen-bond acceptors (Lipinski definition) is 2. The lowest BCUT2D eigenvalue weighted by molar-refractivity contribution is -0.133. The average Bonchev–Trinajstić information content (AvgIpc) is 2.63. The van der Waals surface area contributed by atoms with Gasteiger partial charge in [-0.3, -0.25) is 9.59 Å². The fraction of sp³-hybridized carbons (Fsp3) is 0.391. The van der Waals surface area contributed by atoms with Crippen LogP contribution in [0.2, 0.25) is 0 Å². The second-order valence-corrected chi connectivity index (χ2v) is 7.29. The molecule has 0 bridgehead atoms. The van der Waals surface area contributed by atoms with Crippen molar-refractivity contribution in [2.24, 2.45) is 0 Å². The Labute approximate surface area is 162 Å². The van der Waals surface area contributed by atoms with Crippen LogP contribution in [0.4, 0.5) is 5.69 Å². The van der Waals surface area contributed by atoms with Gasteiger partial charge in [-0.05, 0) is 56.5 Å². The summed E-state index contributed by atoms with van der Waals surface area (Å²) in [5.41, 5.74) is 4.28. The van der Waals surface area contributed by atoms with Crippen molar-refractivity contribution in [1.29, 1.82) is 0 Å². The molecule has 0 aliphatic carbocycles. The quantitative estimate of drug-likeness (QED) is 0.725. The fourth-order valence-corrected chi connectivity index (χ4v) is 3.05. The third kappa shape index (κ3) is 5.68. The lowest BCUT2D eigenvalue weighted by Crippen LogP contribution is -2.39. The number of aryl methyl sites for hydroxylation is 2. The smallest absolute Gasteiger partial charge is 0.224 e. The number of anilines is 1. The Morgan fingerprint density at radius 2 is 1.63 bits per heavy atom. The highest BCUT2D eigenvalue weighted by Gasteiger charge is 2.20. The van der Waals surface area contributed by atoms with Crippen molar-refractivity contribution in [3.63, 3.8) is 0 Å². The maximum atomic E-state index is 12.9. The first-order valence-corrected chi connectivity index (χ1v) is 9.48. The maximum absolute atomic E-state index is 12.9. The summed E-state index contributed by atoms with van der Waals surface area (Å²) in [6.45, 7) is 10.6. The van der Waals surface area contributed by atoms with Gasteiger partial charge in [-0.2, -0.15) is 0 Å². The third-order valence-electron chi connectivity index (χ3n) is 4.87. The molecule has 4 nitrogen and oxygen atoms in total. The molecule has 0 unspecified atom stereocenters. The lowest BCUT2D eigenvalue weighted by atomic mass is 10.1. The van der Waals surface area contributed by atoms with Gasteiger partial charge in [0, 0.05) is 38.2 Å². The normalized spacial score (nSPS) is 10.7. The summed E-state index contributed by atoms with van der Waals surface area (Å²) in [6.07, 6.45) is 0.303. The van der Waals surface area contributed by atoms with Crippen molar-refractivity contribution < 1.29 is 9.59 Å². The number of hydrogen-bond donors (Lipinski definition) is 0. The molecule has 144 valence electrons. The number of amides is 2. The summed E-state index contributed by atoms with van der Waals surface area (Å²) in [5.74, 6) is 0.00847. The van der Waals surface area contributed by atoms with Crippen LogP contribution in [0.15, 0.2) is 48.5 Å². The van der Waals surface area contributed by atoms with Gasteiger partial charge in [0.25, 0.3) is 0 Å². The predicted octanol–water partition coefficient (Wildman–Crippen LogP) is 4.48. The molecule has 0 N–H and O–H groups in total. The molecular formula is C23H30N2O2. The van der Waals surface area contributed by atoms with Crippen LogP contribution in [0.3, 0.4) is 0 Å². The second kappa shape index (κ2) is 9.36. The van der Waals surface area contributed by atoms with Gasteiger partial charge in [-0.15, -0.1) is 0 Å². The highest BCUT2D eigenvalue weighted by molar-refractivity contribution is 5.92. The zero-order valence-electron chi connectivity index (χ0n) is 17.0. The molecule has 0 fully saturated rings. The van der Waals surface area contributed by atoms with Crippen LogP contribution in [0.5, 0.6) is 0 Å². The van der Waals surface area contributed by atoms with Gasteiger partial charge in [-0.1, -0.05) is 36.4 Å². The number of benzene rings is 2. The van der Waals surface area contributed by atoms with Crippen molar-refractivity contribution in [1.82, 2.24) is 4.90 Å². The van der Waals surface area contributed by atoms with Crippen LogP contribution in [0.1, 0.15) is 43.9 Å². The number of rotatable bonds is 7. The minimum Gasteiger partial charge on any atom is -0.336 e. The molecule has 0 aliphatic rings. The molecule has 0 heterocycles. The van der Waals surface area contributed by atoms with E-state index in [0.717, 1.165) is 16.8 Å². The van der Waals surface area contributed by atoms with Crippen LogP contribution in [0, 0.1) is 13.8 Å². The van der Waals surface area contributed by atoms with Gasteiger partial charge in [0.05, 0.1) is 0 Å². The molecular weight excluding hydrogens is 336 g/mol. The molecule has 0 aromatic heterocycles. The molecule has 27 heavy (non-hydrogen) atoms. The van der Waals surface area contributed by atoms with Crippen LogP contribution < -0.4 is 4.90 Å². The van der Waals surface area contributed by atoms with E-state index in [0.29, 0.717) is 19.5 Å². The zero-order valence-corrected chi connectivity index (χ0v) is 17.0. The van der Waals surface area contributed by atoms with Crippen LogP contribution >= 0.6 is 0 Å². The number of carbonyl (C=O) groups excluding carboxylic acids is 2. The van der Waals surface area contributed by atoms with E-state index in [1.54, 1.807) is 11.8 Å². The summed E-state index contributed by atoms with van der Waals surface area (Å²) in [5, 5.41) is 0. The van der Waals surface area contributed by atoms with Crippen LogP contribution in [0.25, 0.3) is 0 Å². The predicted molar refractivity (Wildman–Crippen MR) is 111 cm³/mol. The summed E-state index contributed by atoms with van der Waals surface area (Å²) in [6, 6.07) is 16.1. The van der Waals surface area contributed by atoms with Crippen LogP contribution in [-0.2, 0) is 16.1 Å². The maximum Gasteiger partial charge on any atom is 0.224 e. The lowest BCUT2D eigenvalue weighted by Gasteiger charge is -2.29. The third-order valence-corrected chi connectivity index (χ3v) is 4.87. The zero-order chi connectivity index (χ0) is 20.0. The molecule has 2 rings (SSSR count). The SMILES string of the molecule is CC(=O)N(CCC(=O)N(Cc1ccccc1)C(C)C)c1ccc(C)c(C)c1. The molecule has 2 amide bonds. The Morgan fingerprint density at radius 3 is 2.19 bits per heavy atom. The van der Waals surface area contributed by atoms with Gasteiger partial charge >= 0.3 is 0 Å². The first kappa shape index (κ1) is 20.7. The van der Waals surface area contributed by atoms with Crippen molar-refractivity contribution in [2.45, 2.75) is 53.6 Å². The standard InChI is InChI=1S/C23H30N2O2/c1-17(2)25(16-21-9-7-6-8-10-21)23(27)13-14-24(20(5)26)22-12-11-18(3)19(4)15-22/h6-12,15,17H,13-14,16H2,1-5H3. The summed E-state index contributed by atoms with van der Waals surface area (Å²) < 4.78 is 0. The summed E-state index contributed by atoms with van der Waals surface area (Å²) in [4.78, 5) is 28.6.